The van der Waals surface area contributed by atoms with Crippen molar-refractivity contribution in [2.75, 3.05) is 0 Å². The molecule has 0 saturated carbocycles. The molecule has 0 amide bonds. The van der Waals surface area contributed by atoms with E-state index in [-0.39, 0.29) is 0 Å². The molecule has 0 spiro atoms. The molecule has 1 N–H and O–H groups in total. The lowest BCUT2D eigenvalue weighted by atomic mass is 10.1. The van der Waals surface area contributed by atoms with Crippen LogP contribution >= 0.6 is 28.1 Å². The predicted octanol–water partition coefficient (Wildman–Crippen LogP) is 5.01. The van der Waals surface area contributed by atoms with Gasteiger partial charge in [-0.25, -0.2) is 0 Å². The predicted molar refractivity (Wildman–Crippen MR) is 85.5 cm³/mol. The van der Waals surface area contributed by atoms with Crippen LogP contribution in [0.25, 0.3) is 16.7 Å². The zero-order valence-corrected chi connectivity index (χ0v) is 12.9. The average Bonchev–Trinajstić information content (AvgIpc) is 2.73. The minimum Gasteiger partial charge on any atom is -0.330 e. The van der Waals surface area contributed by atoms with Crippen LogP contribution < -0.4 is 0 Å². The summed E-state index contributed by atoms with van der Waals surface area (Å²) < 4.78 is 3.89. The fourth-order valence-electron chi connectivity index (χ4n) is 2.35. The Kier molecular flexibility index (Phi) is 3.29. The van der Waals surface area contributed by atoms with Crippen LogP contribution in [0, 0.1) is 4.77 Å². The number of hydrogen-bond acceptors (Lipinski definition) is 1. The summed E-state index contributed by atoms with van der Waals surface area (Å²) in [5.41, 5.74) is 4.60. The third kappa shape index (κ3) is 2.15. The first-order chi connectivity index (χ1) is 9.20. The number of H-pyrrole nitrogens is 1. The van der Waals surface area contributed by atoms with Gasteiger partial charge in [0.25, 0.3) is 0 Å². The highest BCUT2D eigenvalue weighted by molar-refractivity contribution is 9.10. The van der Waals surface area contributed by atoms with E-state index in [9.17, 15) is 0 Å². The Balaban J connectivity index is 2.36. The van der Waals surface area contributed by atoms with Gasteiger partial charge in [-0.15, -0.1) is 0 Å². The number of rotatable bonds is 2. The fourth-order valence-corrected chi connectivity index (χ4v) is 3.02. The molecule has 2 nitrogen and oxygen atoms in total. The number of nitrogens with one attached hydrogen (secondary N) is 1. The van der Waals surface area contributed by atoms with Crippen LogP contribution in [0.1, 0.15) is 12.5 Å². The van der Waals surface area contributed by atoms with E-state index in [1.807, 2.05) is 12.1 Å². The monoisotopic (exact) mass is 332 g/mol. The van der Waals surface area contributed by atoms with Gasteiger partial charge in [-0.3, -0.25) is 4.57 Å². The molecular formula is C15H13BrN2S. The van der Waals surface area contributed by atoms with Crippen molar-refractivity contribution in [3.8, 4) is 5.69 Å². The van der Waals surface area contributed by atoms with E-state index in [4.69, 9.17) is 12.2 Å². The summed E-state index contributed by atoms with van der Waals surface area (Å²) >= 11 is 8.97. The van der Waals surface area contributed by atoms with Crippen LogP contribution in [0.15, 0.2) is 46.9 Å². The lowest BCUT2D eigenvalue weighted by molar-refractivity contribution is 1.01. The number of hydrogen-bond donors (Lipinski definition) is 1. The SMILES string of the molecule is CCc1ccccc1-n1c(=S)[nH]c2cc(Br)ccc21. The van der Waals surface area contributed by atoms with Crippen molar-refractivity contribution in [2.45, 2.75) is 13.3 Å². The smallest absolute Gasteiger partial charge is 0.182 e. The zero-order valence-electron chi connectivity index (χ0n) is 10.5. The summed E-state index contributed by atoms with van der Waals surface area (Å²) in [6.45, 7) is 2.16. The van der Waals surface area contributed by atoms with E-state index >= 15 is 0 Å². The molecule has 0 atom stereocenters. The van der Waals surface area contributed by atoms with Gasteiger partial charge in [0.1, 0.15) is 0 Å². The molecule has 4 heteroatoms. The molecule has 19 heavy (non-hydrogen) atoms. The van der Waals surface area contributed by atoms with Crippen molar-refractivity contribution in [3.63, 3.8) is 0 Å². The number of para-hydroxylation sites is 1. The molecule has 3 rings (SSSR count). The highest BCUT2D eigenvalue weighted by Crippen LogP contribution is 2.24. The van der Waals surface area contributed by atoms with Gasteiger partial charge in [-0.2, -0.15) is 0 Å². The number of nitrogens with zero attached hydrogens (tertiary/aromatic N) is 1. The normalized spacial score (nSPS) is 11.1. The molecule has 0 radical (unpaired) electrons. The van der Waals surface area contributed by atoms with E-state index in [2.05, 4.69) is 62.7 Å². The highest BCUT2D eigenvalue weighted by atomic mass is 79.9. The van der Waals surface area contributed by atoms with Crippen LogP contribution in [-0.4, -0.2) is 9.55 Å². The summed E-state index contributed by atoms with van der Waals surface area (Å²) in [5.74, 6) is 0. The van der Waals surface area contributed by atoms with Crippen LogP contribution in [-0.2, 0) is 6.42 Å². The van der Waals surface area contributed by atoms with Gasteiger partial charge >= 0.3 is 0 Å². The first-order valence-electron chi connectivity index (χ1n) is 6.19. The minimum absolute atomic E-state index is 0.731. The minimum atomic E-state index is 0.731. The average molecular weight is 333 g/mol. The summed E-state index contributed by atoms with van der Waals surface area (Å²) in [6, 6.07) is 14.6. The third-order valence-corrected chi connectivity index (χ3v) is 4.04. The summed E-state index contributed by atoms with van der Waals surface area (Å²) in [4.78, 5) is 3.27. The molecule has 0 aliphatic carbocycles. The number of benzene rings is 2. The van der Waals surface area contributed by atoms with Gasteiger partial charge in [-0.1, -0.05) is 41.1 Å². The number of aromatic nitrogens is 2. The van der Waals surface area contributed by atoms with Gasteiger partial charge in [0, 0.05) is 4.47 Å². The van der Waals surface area contributed by atoms with Crippen LogP contribution in [0.2, 0.25) is 0 Å². The standard InChI is InChI=1S/C15H13BrN2S/c1-2-10-5-3-4-6-13(10)18-14-8-7-11(16)9-12(14)17-15(18)19/h3-9H,2H2,1H3,(H,17,19). The van der Waals surface area contributed by atoms with Gasteiger partial charge in [-0.05, 0) is 48.5 Å². The van der Waals surface area contributed by atoms with E-state index < -0.39 is 0 Å². The van der Waals surface area contributed by atoms with Crippen molar-refractivity contribution >= 4 is 39.2 Å². The van der Waals surface area contributed by atoms with Crippen molar-refractivity contribution in [3.05, 3.63) is 57.3 Å². The Hall–Kier alpha value is -1.39. The topological polar surface area (TPSA) is 20.7 Å². The lowest BCUT2D eigenvalue weighted by Gasteiger charge is -2.09. The zero-order chi connectivity index (χ0) is 13.4. The van der Waals surface area contributed by atoms with E-state index in [0.29, 0.717) is 0 Å². The molecule has 2 aromatic carbocycles. The molecule has 0 unspecified atom stereocenters. The van der Waals surface area contributed by atoms with Gasteiger partial charge < -0.3 is 4.98 Å². The molecule has 1 aromatic heterocycles. The third-order valence-electron chi connectivity index (χ3n) is 3.26. The molecule has 0 saturated heterocycles. The molecule has 96 valence electrons. The Bertz CT molecular complexity index is 801. The first-order valence-corrected chi connectivity index (χ1v) is 7.39. The van der Waals surface area contributed by atoms with Crippen LogP contribution in [0.5, 0.6) is 0 Å². The Labute approximate surface area is 125 Å². The molecule has 0 aliphatic heterocycles. The molecule has 0 fully saturated rings. The van der Waals surface area contributed by atoms with Crippen molar-refractivity contribution in [1.29, 1.82) is 0 Å². The second-order valence-electron chi connectivity index (χ2n) is 4.41. The van der Waals surface area contributed by atoms with Crippen molar-refractivity contribution < 1.29 is 0 Å². The molecule has 3 aromatic rings. The number of aryl methyl sites for hydroxylation is 1. The quantitative estimate of drug-likeness (QED) is 0.654. The Morgan fingerprint density at radius 3 is 2.79 bits per heavy atom. The number of imidazole rings is 1. The lowest BCUT2D eigenvalue weighted by Crippen LogP contribution is -1.98. The second-order valence-corrected chi connectivity index (χ2v) is 5.71. The summed E-state index contributed by atoms with van der Waals surface area (Å²) in [6.07, 6.45) is 0.987. The second kappa shape index (κ2) is 4.94. The van der Waals surface area contributed by atoms with E-state index in [1.165, 1.54) is 5.56 Å². The van der Waals surface area contributed by atoms with Crippen molar-refractivity contribution in [1.82, 2.24) is 9.55 Å². The summed E-state index contributed by atoms with van der Waals surface area (Å²) in [5, 5.41) is 0. The number of fused-ring (bicyclic) bond motifs is 1. The van der Waals surface area contributed by atoms with Crippen LogP contribution in [0.4, 0.5) is 0 Å². The van der Waals surface area contributed by atoms with E-state index in [1.54, 1.807) is 0 Å². The number of halogens is 1. The molecular weight excluding hydrogens is 320 g/mol. The molecule has 0 bridgehead atoms. The van der Waals surface area contributed by atoms with Gasteiger partial charge in [0.15, 0.2) is 4.77 Å². The summed E-state index contributed by atoms with van der Waals surface area (Å²) in [7, 11) is 0. The van der Waals surface area contributed by atoms with Crippen LogP contribution in [0.3, 0.4) is 0 Å². The first kappa shape index (κ1) is 12.6. The van der Waals surface area contributed by atoms with Gasteiger partial charge in [0.2, 0.25) is 0 Å². The largest absolute Gasteiger partial charge is 0.330 e. The fraction of sp³-hybridized carbons (Fsp3) is 0.133. The maximum absolute atomic E-state index is 5.48. The Morgan fingerprint density at radius 1 is 1.21 bits per heavy atom. The number of aromatic amines is 1. The molecule has 0 aliphatic rings. The van der Waals surface area contributed by atoms with Crippen molar-refractivity contribution in [2.24, 2.45) is 0 Å². The maximum Gasteiger partial charge on any atom is 0.182 e. The highest BCUT2D eigenvalue weighted by Gasteiger charge is 2.09. The Morgan fingerprint density at radius 2 is 2.00 bits per heavy atom. The van der Waals surface area contributed by atoms with E-state index in [0.717, 1.165) is 32.4 Å². The molecule has 1 heterocycles. The maximum atomic E-state index is 5.48. The van der Waals surface area contributed by atoms with Gasteiger partial charge in [0.05, 0.1) is 16.7 Å².